The van der Waals surface area contributed by atoms with Gasteiger partial charge in [0, 0.05) is 16.9 Å². The van der Waals surface area contributed by atoms with Crippen molar-refractivity contribution >= 4 is 11.8 Å². The summed E-state index contributed by atoms with van der Waals surface area (Å²) in [6.45, 7) is 4.42. The second-order valence-corrected chi connectivity index (χ2v) is 5.25. The summed E-state index contributed by atoms with van der Waals surface area (Å²) in [5.41, 5.74) is 6.29. The molecule has 0 aromatic heterocycles. The van der Waals surface area contributed by atoms with Gasteiger partial charge in [-0.05, 0) is 24.0 Å². The molecular weight excluding hydrogens is 206 g/mol. The molecule has 0 bridgehead atoms. The third-order valence-corrected chi connectivity index (χ3v) is 3.44. The summed E-state index contributed by atoms with van der Waals surface area (Å²) in [4.78, 5) is 1.21. The van der Waals surface area contributed by atoms with E-state index in [0.29, 0.717) is 6.54 Å². The van der Waals surface area contributed by atoms with Gasteiger partial charge in [0.15, 0.2) is 0 Å². The monoisotopic (exact) mass is 225 g/mol. The van der Waals surface area contributed by atoms with E-state index in [2.05, 4.69) is 0 Å². The average Bonchev–Trinajstić information content (AvgIpc) is 2.28. The Morgan fingerprint density at radius 2 is 1.87 bits per heavy atom. The fraction of sp³-hybridized carbons (Fsp3) is 0.500. The summed E-state index contributed by atoms with van der Waals surface area (Å²) in [5, 5.41) is 10.1. The molecule has 0 amide bonds. The van der Waals surface area contributed by atoms with Crippen molar-refractivity contribution in [3.63, 3.8) is 0 Å². The van der Waals surface area contributed by atoms with Crippen molar-refractivity contribution in [3.8, 4) is 0 Å². The Bertz CT molecular complexity index is 308. The van der Waals surface area contributed by atoms with Crippen LogP contribution in [0.25, 0.3) is 0 Å². The van der Waals surface area contributed by atoms with Crippen LogP contribution in [0.4, 0.5) is 0 Å². The maximum Gasteiger partial charge on any atom is 0.0853 e. The van der Waals surface area contributed by atoms with E-state index in [4.69, 9.17) is 5.73 Å². The summed E-state index contributed by atoms with van der Waals surface area (Å²) in [6.07, 6.45) is 1.54. The van der Waals surface area contributed by atoms with Gasteiger partial charge in [-0.3, -0.25) is 0 Å². The van der Waals surface area contributed by atoms with Crippen molar-refractivity contribution in [2.24, 2.45) is 11.1 Å². The molecule has 1 aromatic carbocycles. The standard InChI is InChI=1S/C12H19NOS/c1-12(2,8-13)11(14)9-4-6-10(15-3)7-5-9/h4-7,11,14H,8,13H2,1-3H3. The third-order valence-electron chi connectivity index (χ3n) is 2.70. The van der Waals surface area contributed by atoms with Gasteiger partial charge in [-0.2, -0.15) is 0 Å². The quantitative estimate of drug-likeness (QED) is 0.774. The van der Waals surface area contributed by atoms with Crippen LogP contribution in [0, 0.1) is 5.41 Å². The first-order chi connectivity index (χ1) is 7.01. The summed E-state index contributed by atoms with van der Waals surface area (Å²) in [5.74, 6) is 0. The topological polar surface area (TPSA) is 46.2 Å². The maximum absolute atomic E-state index is 10.1. The number of hydrogen-bond acceptors (Lipinski definition) is 3. The summed E-state index contributed by atoms with van der Waals surface area (Å²) >= 11 is 1.70. The number of thioether (sulfide) groups is 1. The average molecular weight is 225 g/mol. The number of nitrogens with two attached hydrogens (primary N) is 1. The summed E-state index contributed by atoms with van der Waals surface area (Å²) in [7, 11) is 0. The van der Waals surface area contributed by atoms with E-state index in [1.165, 1.54) is 4.90 Å². The van der Waals surface area contributed by atoms with Crippen molar-refractivity contribution in [2.45, 2.75) is 24.8 Å². The van der Waals surface area contributed by atoms with Gasteiger partial charge in [0.25, 0.3) is 0 Å². The lowest BCUT2D eigenvalue weighted by molar-refractivity contribution is 0.0555. The van der Waals surface area contributed by atoms with Crippen molar-refractivity contribution in [1.29, 1.82) is 0 Å². The van der Waals surface area contributed by atoms with Gasteiger partial charge >= 0.3 is 0 Å². The van der Waals surface area contributed by atoms with Gasteiger partial charge in [-0.25, -0.2) is 0 Å². The van der Waals surface area contributed by atoms with Gasteiger partial charge in [-0.15, -0.1) is 11.8 Å². The van der Waals surface area contributed by atoms with E-state index in [9.17, 15) is 5.11 Å². The van der Waals surface area contributed by atoms with E-state index in [-0.39, 0.29) is 5.41 Å². The van der Waals surface area contributed by atoms with Crippen LogP contribution < -0.4 is 5.73 Å². The minimum atomic E-state index is -0.501. The number of aliphatic hydroxyl groups is 1. The predicted molar refractivity (Wildman–Crippen MR) is 66.0 cm³/mol. The molecule has 0 aliphatic heterocycles. The highest BCUT2D eigenvalue weighted by molar-refractivity contribution is 7.98. The first kappa shape index (κ1) is 12.6. The van der Waals surface area contributed by atoms with Crippen molar-refractivity contribution in [1.82, 2.24) is 0 Å². The first-order valence-corrected chi connectivity index (χ1v) is 6.26. The van der Waals surface area contributed by atoms with Gasteiger partial charge < -0.3 is 10.8 Å². The molecule has 0 saturated heterocycles. The molecule has 0 spiro atoms. The van der Waals surface area contributed by atoms with E-state index in [0.717, 1.165) is 5.56 Å². The second-order valence-electron chi connectivity index (χ2n) is 4.37. The lowest BCUT2D eigenvalue weighted by Crippen LogP contribution is -2.30. The Balaban J connectivity index is 2.87. The molecule has 0 aliphatic rings. The van der Waals surface area contributed by atoms with Crippen LogP contribution in [0.1, 0.15) is 25.5 Å². The lowest BCUT2D eigenvalue weighted by Gasteiger charge is -2.29. The highest BCUT2D eigenvalue weighted by Crippen LogP contribution is 2.32. The van der Waals surface area contributed by atoms with Crippen LogP contribution in [0.15, 0.2) is 29.2 Å². The van der Waals surface area contributed by atoms with Crippen LogP contribution in [-0.4, -0.2) is 17.9 Å². The maximum atomic E-state index is 10.1. The van der Waals surface area contributed by atoms with Crippen LogP contribution in [0.3, 0.4) is 0 Å². The molecule has 3 N–H and O–H groups in total. The molecular formula is C12H19NOS. The molecule has 0 aliphatic carbocycles. The minimum absolute atomic E-state index is 0.277. The molecule has 1 rings (SSSR count). The van der Waals surface area contributed by atoms with Crippen molar-refractivity contribution < 1.29 is 5.11 Å². The predicted octanol–water partition coefficient (Wildman–Crippen LogP) is 2.43. The van der Waals surface area contributed by atoms with E-state index in [1.807, 2.05) is 44.4 Å². The zero-order valence-electron chi connectivity index (χ0n) is 9.53. The molecule has 0 saturated carbocycles. The number of hydrogen-bond donors (Lipinski definition) is 2. The van der Waals surface area contributed by atoms with Crippen LogP contribution in [0.5, 0.6) is 0 Å². The van der Waals surface area contributed by atoms with Gasteiger partial charge in [0.2, 0.25) is 0 Å². The summed E-state index contributed by atoms with van der Waals surface area (Å²) in [6, 6.07) is 7.98. The Hall–Kier alpha value is -0.510. The molecule has 1 unspecified atom stereocenters. The van der Waals surface area contributed by atoms with E-state index in [1.54, 1.807) is 11.8 Å². The number of benzene rings is 1. The largest absolute Gasteiger partial charge is 0.388 e. The minimum Gasteiger partial charge on any atom is -0.388 e. The van der Waals surface area contributed by atoms with Crippen molar-refractivity contribution in [2.75, 3.05) is 12.8 Å². The lowest BCUT2D eigenvalue weighted by atomic mass is 9.83. The first-order valence-electron chi connectivity index (χ1n) is 5.03. The van der Waals surface area contributed by atoms with Gasteiger partial charge in [0.1, 0.15) is 0 Å². The summed E-state index contributed by atoms with van der Waals surface area (Å²) < 4.78 is 0. The second kappa shape index (κ2) is 5.01. The van der Waals surface area contributed by atoms with Gasteiger partial charge in [-0.1, -0.05) is 26.0 Å². The zero-order valence-corrected chi connectivity index (χ0v) is 10.3. The third kappa shape index (κ3) is 2.97. The molecule has 0 fully saturated rings. The number of rotatable bonds is 4. The van der Waals surface area contributed by atoms with Crippen LogP contribution in [0.2, 0.25) is 0 Å². The molecule has 2 nitrogen and oxygen atoms in total. The SMILES string of the molecule is CSc1ccc(C(O)C(C)(C)CN)cc1. The Morgan fingerprint density at radius 3 is 2.27 bits per heavy atom. The highest BCUT2D eigenvalue weighted by Gasteiger charge is 2.27. The van der Waals surface area contributed by atoms with Crippen LogP contribution in [-0.2, 0) is 0 Å². The van der Waals surface area contributed by atoms with Crippen LogP contribution >= 0.6 is 11.8 Å². The van der Waals surface area contributed by atoms with Crippen molar-refractivity contribution in [3.05, 3.63) is 29.8 Å². The zero-order chi connectivity index (χ0) is 11.5. The molecule has 15 heavy (non-hydrogen) atoms. The smallest absolute Gasteiger partial charge is 0.0853 e. The van der Waals surface area contributed by atoms with Gasteiger partial charge in [0.05, 0.1) is 6.10 Å². The molecule has 84 valence electrons. The Morgan fingerprint density at radius 1 is 1.33 bits per heavy atom. The number of aliphatic hydroxyl groups excluding tert-OH is 1. The molecule has 0 heterocycles. The normalized spacial score (nSPS) is 13.9. The highest BCUT2D eigenvalue weighted by atomic mass is 32.2. The molecule has 1 atom stereocenters. The Labute approximate surface area is 95.9 Å². The molecule has 0 radical (unpaired) electrons. The molecule has 1 aromatic rings. The molecule has 3 heteroatoms. The fourth-order valence-electron chi connectivity index (χ4n) is 1.35. The van der Waals surface area contributed by atoms with E-state index >= 15 is 0 Å². The van der Waals surface area contributed by atoms with E-state index < -0.39 is 6.10 Å². The Kier molecular flexibility index (Phi) is 4.20. The fourth-order valence-corrected chi connectivity index (χ4v) is 1.76.